The van der Waals surface area contributed by atoms with Crippen LogP contribution in [-0.2, 0) is 4.79 Å². The maximum Gasteiger partial charge on any atom is 0.348 e. The first-order valence-electron chi connectivity index (χ1n) is 8.83. The summed E-state index contributed by atoms with van der Waals surface area (Å²) in [6.07, 6.45) is 0. The second kappa shape index (κ2) is 7.08. The summed E-state index contributed by atoms with van der Waals surface area (Å²) in [5.74, 6) is -1.39. The number of rotatable bonds is 3. The van der Waals surface area contributed by atoms with Gasteiger partial charge in [0.05, 0.1) is 0 Å². The molecular weight excluding hydrogens is 352 g/mol. The molecule has 1 aliphatic rings. The summed E-state index contributed by atoms with van der Waals surface area (Å²) in [7, 11) is 0. The summed E-state index contributed by atoms with van der Waals surface area (Å²) < 4.78 is 5.42. The summed E-state index contributed by atoms with van der Waals surface area (Å²) in [6.45, 7) is 1.92. The molecule has 0 amide bonds. The van der Waals surface area contributed by atoms with E-state index in [1.165, 1.54) is 0 Å². The van der Waals surface area contributed by atoms with Crippen LogP contribution in [0.3, 0.4) is 0 Å². The first-order chi connectivity index (χ1) is 13.6. The lowest BCUT2D eigenvalue weighted by Crippen LogP contribution is -2.28. The summed E-state index contributed by atoms with van der Waals surface area (Å²) in [5, 5.41) is 0. The van der Waals surface area contributed by atoms with Crippen molar-refractivity contribution in [2.24, 2.45) is 0 Å². The number of hydrogen-bond acceptors (Lipinski definition) is 4. The van der Waals surface area contributed by atoms with Gasteiger partial charge in [-0.1, -0.05) is 72.3 Å². The van der Waals surface area contributed by atoms with E-state index in [4.69, 9.17) is 4.74 Å². The maximum atomic E-state index is 13.2. The number of esters is 1. The fourth-order valence-electron chi connectivity index (χ4n) is 3.21. The number of allylic oxidation sites excluding steroid dienone is 1. The number of benzene rings is 3. The van der Waals surface area contributed by atoms with Gasteiger partial charge in [-0.05, 0) is 24.6 Å². The van der Waals surface area contributed by atoms with E-state index in [2.05, 4.69) is 0 Å². The van der Waals surface area contributed by atoms with E-state index in [9.17, 15) is 14.4 Å². The van der Waals surface area contributed by atoms with E-state index in [1.54, 1.807) is 78.9 Å². The van der Waals surface area contributed by atoms with Gasteiger partial charge in [0, 0.05) is 16.7 Å². The number of ketones is 2. The standard InChI is InChI=1S/C24H16O4/c1-15-11-13-17(14-12-15)28-24(27)21-20(16-7-3-2-4-8-16)22(25)18-9-5-6-10-19(18)23(21)26/h2-14H,1H3. The summed E-state index contributed by atoms with van der Waals surface area (Å²) in [6, 6.07) is 22.1. The lowest BCUT2D eigenvalue weighted by atomic mass is 9.81. The van der Waals surface area contributed by atoms with Gasteiger partial charge in [0.1, 0.15) is 11.3 Å². The fraction of sp³-hybridized carbons (Fsp3) is 0.0417. The molecule has 0 heterocycles. The molecule has 4 heteroatoms. The molecule has 0 bridgehead atoms. The Kier molecular flexibility index (Phi) is 4.45. The van der Waals surface area contributed by atoms with Crippen molar-refractivity contribution in [3.63, 3.8) is 0 Å². The van der Waals surface area contributed by atoms with E-state index in [-0.39, 0.29) is 22.5 Å². The molecule has 0 radical (unpaired) electrons. The molecule has 0 saturated carbocycles. The summed E-state index contributed by atoms with van der Waals surface area (Å²) in [5.41, 5.74) is 1.85. The molecule has 4 nitrogen and oxygen atoms in total. The zero-order valence-corrected chi connectivity index (χ0v) is 15.1. The smallest absolute Gasteiger partial charge is 0.348 e. The zero-order chi connectivity index (χ0) is 19.7. The molecule has 1 aliphatic carbocycles. The number of fused-ring (bicyclic) bond motifs is 1. The third-order valence-corrected chi connectivity index (χ3v) is 4.62. The van der Waals surface area contributed by atoms with Gasteiger partial charge < -0.3 is 4.74 Å². The second-order valence-electron chi connectivity index (χ2n) is 6.52. The van der Waals surface area contributed by atoms with Crippen molar-refractivity contribution in [1.82, 2.24) is 0 Å². The predicted octanol–water partition coefficient (Wildman–Crippen LogP) is 4.43. The van der Waals surface area contributed by atoms with Crippen LogP contribution in [0.2, 0.25) is 0 Å². The van der Waals surface area contributed by atoms with E-state index in [0.717, 1.165) is 5.56 Å². The molecule has 0 fully saturated rings. The molecule has 4 rings (SSSR count). The lowest BCUT2D eigenvalue weighted by Gasteiger charge is -2.20. The molecule has 0 aliphatic heterocycles. The van der Waals surface area contributed by atoms with Gasteiger partial charge in [-0.15, -0.1) is 0 Å². The quantitative estimate of drug-likeness (QED) is 0.390. The van der Waals surface area contributed by atoms with Crippen LogP contribution in [0.15, 0.2) is 84.4 Å². The van der Waals surface area contributed by atoms with E-state index in [0.29, 0.717) is 16.9 Å². The van der Waals surface area contributed by atoms with E-state index in [1.807, 2.05) is 6.92 Å². The van der Waals surface area contributed by atoms with Crippen LogP contribution < -0.4 is 4.74 Å². The Labute approximate surface area is 162 Å². The van der Waals surface area contributed by atoms with Gasteiger partial charge in [-0.25, -0.2) is 4.79 Å². The van der Waals surface area contributed by atoms with Crippen molar-refractivity contribution in [3.8, 4) is 5.75 Å². The second-order valence-corrected chi connectivity index (χ2v) is 6.52. The Bertz CT molecular complexity index is 1120. The van der Waals surface area contributed by atoms with Crippen LogP contribution >= 0.6 is 0 Å². The number of aryl methyl sites for hydroxylation is 1. The molecule has 0 N–H and O–H groups in total. The van der Waals surface area contributed by atoms with Crippen LogP contribution in [0, 0.1) is 6.92 Å². The Morgan fingerprint density at radius 3 is 1.93 bits per heavy atom. The zero-order valence-electron chi connectivity index (χ0n) is 15.1. The Balaban J connectivity index is 1.86. The minimum Gasteiger partial charge on any atom is -0.423 e. The van der Waals surface area contributed by atoms with Crippen LogP contribution in [0.1, 0.15) is 31.8 Å². The monoisotopic (exact) mass is 368 g/mol. The first kappa shape index (κ1) is 17.6. The van der Waals surface area contributed by atoms with Crippen LogP contribution in [0.4, 0.5) is 0 Å². The Morgan fingerprint density at radius 1 is 0.714 bits per heavy atom. The fourth-order valence-corrected chi connectivity index (χ4v) is 3.21. The van der Waals surface area contributed by atoms with Crippen molar-refractivity contribution in [2.75, 3.05) is 0 Å². The molecule has 0 aromatic heterocycles. The average molecular weight is 368 g/mol. The molecule has 0 atom stereocenters. The molecule has 0 unspecified atom stereocenters. The Hall–Kier alpha value is -3.79. The van der Waals surface area contributed by atoms with Crippen LogP contribution in [-0.4, -0.2) is 17.5 Å². The molecule has 3 aromatic carbocycles. The molecular formula is C24H16O4. The number of ether oxygens (including phenoxy) is 1. The largest absolute Gasteiger partial charge is 0.423 e. The van der Waals surface area contributed by atoms with Gasteiger partial charge in [0.25, 0.3) is 0 Å². The normalized spacial score (nSPS) is 13.3. The van der Waals surface area contributed by atoms with Gasteiger partial charge in [0.15, 0.2) is 5.78 Å². The Morgan fingerprint density at radius 2 is 1.29 bits per heavy atom. The minimum absolute atomic E-state index is 0.0708. The number of Topliss-reactive ketones (excluding diaryl/α,β-unsaturated/α-hetero) is 2. The van der Waals surface area contributed by atoms with Gasteiger partial charge in [-0.3, -0.25) is 9.59 Å². The number of hydrogen-bond donors (Lipinski definition) is 0. The third kappa shape index (κ3) is 3.05. The van der Waals surface area contributed by atoms with Crippen molar-refractivity contribution < 1.29 is 19.1 Å². The minimum atomic E-state index is -0.837. The highest BCUT2D eigenvalue weighted by atomic mass is 16.5. The highest BCUT2D eigenvalue weighted by molar-refractivity contribution is 6.46. The molecule has 28 heavy (non-hydrogen) atoms. The summed E-state index contributed by atoms with van der Waals surface area (Å²) >= 11 is 0. The van der Waals surface area contributed by atoms with Gasteiger partial charge >= 0.3 is 5.97 Å². The highest BCUT2D eigenvalue weighted by Crippen LogP contribution is 2.33. The van der Waals surface area contributed by atoms with Gasteiger partial charge in [-0.2, -0.15) is 0 Å². The summed E-state index contributed by atoms with van der Waals surface area (Å²) in [4.78, 5) is 39.2. The molecule has 3 aromatic rings. The van der Waals surface area contributed by atoms with Gasteiger partial charge in [0.2, 0.25) is 5.78 Å². The number of carbonyl (C=O) groups is 3. The van der Waals surface area contributed by atoms with Crippen molar-refractivity contribution >= 4 is 23.1 Å². The molecule has 0 spiro atoms. The predicted molar refractivity (Wildman–Crippen MR) is 105 cm³/mol. The van der Waals surface area contributed by atoms with Crippen molar-refractivity contribution in [2.45, 2.75) is 6.92 Å². The van der Waals surface area contributed by atoms with E-state index >= 15 is 0 Å². The first-order valence-corrected chi connectivity index (χ1v) is 8.83. The van der Waals surface area contributed by atoms with E-state index < -0.39 is 11.8 Å². The SMILES string of the molecule is Cc1ccc(OC(=O)C2=C(c3ccccc3)C(=O)c3ccccc3C2=O)cc1. The topological polar surface area (TPSA) is 60.4 Å². The lowest BCUT2D eigenvalue weighted by molar-refractivity contribution is -0.129. The average Bonchev–Trinajstić information content (AvgIpc) is 2.72. The van der Waals surface area contributed by atoms with Crippen molar-refractivity contribution in [1.29, 1.82) is 0 Å². The maximum absolute atomic E-state index is 13.2. The van der Waals surface area contributed by atoms with Crippen molar-refractivity contribution in [3.05, 3.63) is 107 Å². The number of carbonyl (C=O) groups excluding carboxylic acids is 3. The van der Waals surface area contributed by atoms with Crippen LogP contribution in [0.5, 0.6) is 5.75 Å². The van der Waals surface area contributed by atoms with Crippen LogP contribution in [0.25, 0.3) is 5.57 Å². The third-order valence-electron chi connectivity index (χ3n) is 4.62. The molecule has 136 valence electrons. The molecule has 0 saturated heterocycles. The highest BCUT2D eigenvalue weighted by Gasteiger charge is 2.37.